The molecule has 0 aliphatic carbocycles. The predicted molar refractivity (Wildman–Crippen MR) is 91.1 cm³/mol. The van der Waals surface area contributed by atoms with Crippen molar-refractivity contribution in [3.63, 3.8) is 0 Å². The van der Waals surface area contributed by atoms with E-state index in [0.29, 0.717) is 0 Å². The van der Waals surface area contributed by atoms with Gasteiger partial charge in [-0.15, -0.1) is 0 Å². The molecule has 1 aromatic carbocycles. The van der Waals surface area contributed by atoms with Crippen LogP contribution in [0.1, 0.15) is 44.6 Å². The van der Waals surface area contributed by atoms with Crippen molar-refractivity contribution in [2.75, 3.05) is 18.0 Å². The van der Waals surface area contributed by atoms with Crippen LogP contribution in [0.2, 0.25) is 0 Å². The van der Waals surface area contributed by atoms with Gasteiger partial charge in [0.25, 0.3) is 0 Å². The standard InChI is InChI=1S/C16H24BrN3O/c1-2-4-12-5-3-9-20(10-8-12)15-7-6-13(11-14(15)17)16(18)19-21/h6-7,11-12,21H,2-5,8-10H2,1H3,(H2,18,19). The smallest absolute Gasteiger partial charge is 0.170 e. The Morgan fingerprint density at radius 2 is 2.24 bits per heavy atom. The van der Waals surface area contributed by atoms with E-state index in [1.807, 2.05) is 12.1 Å². The molecule has 2 rings (SSSR count). The second-order valence-electron chi connectivity index (χ2n) is 5.72. The molecule has 0 radical (unpaired) electrons. The Labute approximate surface area is 135 Å². The Morgan fingerprint density at radius 1 is 1.43 bits per heavy atom. The van der Waals surface area contributed by atoms with Gasteiger partial charge in [0.2, 0.25) is 0 Å². The topological polar surface area (TPSA) is 61.8 Å². The van der Waals surface area contributed by atoms with Crippen molar-refractivity contribution in [2.24, 2.45) is 16.8 Å². The van der Waals surface area contributed by atoms with Gasteiger partial charge in [-0.05, 0) is 59.3 Å². The number of nitrogens with two attached hydrogens (primary N) is 1. The Kier molecular flexibility index (Phi) is 5.91. The quantitative estimate of drug-likeness (QED) is 0.372. The third kappa shape index (κ3) is 4.13. The van der Waals surface area contributed by atoms with Crippen molar-refractivity contribution in [3.8, 4) is 0 Å². The van der Waals surface area contributed by atoms with Gasteiger partial charge in [0.15, 0.2) is 5.84 Å². The van der Waals surface area contributed by atoms with Crippen LogP contribution in [0.5, 0.6) is 0 Å². The van der Waals surface area contributed by atoms with Crippen molar-refractivity contribution in [3.05, 3.63) is 28.2 Å². The first-order valence-corrected chi connectivity index (χ1v) is 8.47. The molecule has 1 fully saturated rings. The van der Waals surface area contributed by atoms with Gasteiger partial charge in [-0.2, -0.15) is 0 Å². The highest BCUT2D eigenvalue weighted by Crippen LogP contribution is 2.31. The van der Waals surface area contributed by atoms with E-state index >= 15 is 0 Å². The molecular formula is C16H24BrN3O. The maximum Gasteiger partial charge on any atom is 0.170 e. The number of anilines is 1. The van der Waals surface area contributed by atoms with Crippen molar-refractivity contribution < 1.29 is 5.21 Å². The van der Waals surface area contributed by atoms with E-state index in [1.54, 1.807) is 0 Å². The molecule has 116 valence electrons. The summed E-state index contributed by atoms with van der Waals surface area (Å²) in [4.78, 5) is 2.44. The van der Waals surface area contributed by atoms with Crippen LogP contribution < -0.4 is 10.6 Å². The lowest BCUT2D eigenvalue weighted by atomic mass is 9.96. The summed E-state index contributed by atoms with van der Waals surface area (Å²) in [5, 5.41) is 11.8. The number of hydrogen-bond donors (Lipinski definition) is 2. The summed E-state index contributed by atoms with van der Waals surface area (Å²) in [5.74, 6) is 1.01. The maximum absolute atomic E-state index is 8.75. The molecule has 4 nitrogen and oxygen atoms in total. The minimum atomic E-state index is 0.140. The molecule has 0 bridgehead atoms. The minimum Gasteiger partial charge on any atom is -0.409 e. The first-order valence-electron chi connectivity index (χ1n) is 7.68. The minimum absolute atomic E-state index is 0.140. The number of rotatable bonds is 4. The molecule has 1 aliphatic heterocycles. The second kappa shape index (κ2) is 7.69. The monoisotopic (exact) mass is 353 g/mol. The summed E-state index contributed by atoms with van der Waals surface area (Å²) < 4.78 is 1.00. The summed E-state index contributed by atoms with van der Waals surface area (Å²) in [5.41, 5.74) is 7.56. The van der Waals surface area contributed by atoms with E-state index in [-0.39, 0.29) is 5.84 Å². The lowest BCUT2D eigenvalue weighted by molar-refractivity contribution is 0.318. The van der Waals surface area contributed by atoms with E-state index in [4.69, 9.17) is 10.9 Å². The van der Waals surface area contributed by atoms with Gasteiger partial charge in [0.1, 0.15) is 0 Å². The number of halogens is 1. The maximum atomic E-state index is 8.75. The largest absolute Gasteiger partial charge is 0.409 e. The van der Waals surface area contributed by atoms with Gasteiger partial charge in [0.05, 0.1) is 5.69 Å². The summed E-state index contributed by atoms with van der Waals surface area (Å²) in [7, 11) is 0. The molecule has 1 aliphatic rings. The Morgan fingerprint density at radius 3 is 2.90 bits per heavy atom. The average molecular weight is 354 g/mol. The molecule has 21 heavy (non-hydrogen) atoms. The number of oxime groups is 1. The lowest BCUT2D eigenvalue weighted by Crippen LogP contribution is -2.25. The fourth-order valence-corrected chi connectivity index (χ4v) is 3.71. The van der Waals surface area contributed by atoms with E-state index in [9.17, 15) is 0 Å². The highest BCUT2D eigenvalue weighted by atomic mass is 79.9. The number of hydrogen-bond acceptors (Lipinski definition) is 3. The summed E-state index contributed by atoms with van der Waals surface area (Å²) in [6.07, 6.45) is 6.48. The number of amidine groups is 1. The molecule has 0 saturated carbocycles. The van der Waals surface area contributed by atoms with E-state index < -0.39 is 0 Å². The fourth-order valence-electron chi connectivity index (χ4n) is 3.08. The van der Waals surface area contributed by atoms with Gasteiger partial charge in [0, 0.05) is 23.1 Å². The summed E-state index contributed by atoms with van der Waals surface area (Å²) in [6.45, 7) is 4.47. The van der Waals surface area contributed by atoms with Crippen LogP contribution in [-0.4, -0.2) is 24.1 Å². The van der Waals surface area contributed by atoms with Crippen LogP contribution in [0.25, 0.3) is 0 Å². The molecular weight excluding hydrogens is 330 g/mol. The molecule has 1 heterocycles. The first-order chi connectivity index (χ1) is 10.2. The molecule has 3 N–H and O–H groups in total. The Hall–Kier alpha value is -1.23. The summed E-state index contributed by atoms with van der Waals surface area (Å²) >= 11 is 3.62. The molecule has 0 aromatic heterocycles. The normalized spacial score (nSPS) is 20.4. The molecule has 1 unspecified atom stereocenters. The van der Waals surface area contributed by atoms with Crippen LogP contribution in [0.15, 0.2) is 27.8 Å². The highest BCUT2D eigenvalue weighted by Gasteiger charge is 2.18. The van der Waals surface area contributed by atoms with Gasteiger partial charge in [-0.1, -0.05) is 24.9 Å². The van der Waals surface area contributed by atoms with Crippen LogP contribution in [0.3, 0.4) is 0 Å². The number of nitrogens with zero attached hydrogens (tertiary/aromatic N) is 2. The van der Waals surface area contributed by atoms with Crippen LogP contribution in [0.4, 0.5) is 5.69 Å². The fraction of sp³-hybridized carbons (Fsp3) is 0.562. The SMILES string of the molecule is CCCC1CCCN(c2ccc(/C(N)=N/O)cc2Br)CC1. The molecule has 1 saturated heterocycles. The van der Waals surface area contributed by atoms with Gasteiger partial charge in [-0.3, -0.25) is 0 Å². The van der Waals surface area contributed by atoms with Crippen LogP contribution >= 0.6 is 15.9 Å². The van der Waals surface area contributed by atoms with E-state index in [2.05, 4.69) is 39.0 Å². The zero-order valence-electron chi connectivity index (χ0n) is 12.6. The lowest BCUT2D eigenvalue weighted by Gasteiger charge is -2.24. The van der Waals surface area contributed by atoms with Crippen molar-refractivity contribution in [2.45, 2.75) is 39.0 Å². The van der Waals surface area contributed by atoms with E-state index in [1.165, 1.54) is 37.8 Å². The third-order valence-electron chi connectivity index (χ3n) is 4.24. The first kappa shape index (κ1) is 16.1. The van der Waals surface area contributed by atoms with Gasteiger partial charge < -0.3 is 15.8 Å². The second-order valence-corrected chi connectivity index (χ2v) is 6.58. The third-order valence-corrected chi connectivity index (χ3v) is 4.87. The molecule has 0 spiro atoms. The van der Waals surface area contributed by atoms with E-state index in [0.717, 1.165) is 29.0 Å². The average Bonchev–Trinajstić information content (AvgIpc) is 2.72. The van der Waals surface area contributed by atoms with Crippen molar-refractivity contribution in [1.82, 2.24) is 0 Å². The van der Waals surface area contributed by atoms with Crippen LogP contribution in [-0.2, 0) is 0 Å². The summed E-state index contributed by atoms with van der Waals surface area (Å²) in [6, 6.07) is 5.87. The highest BCUT2D eigenvalue weighted by molar-refractivity contribution is 9.10. The number of benzene rings is 1. The van der Waals surface area contributed by atoms with Crippen molar-refractivity contribution >= 4 is 27.5 Å². The Balaban J connectivity index is 2.11. The zero-order valence-corrected chi connectivity index (χ0v) is 14.1. The molecule has 0 amide bonds. The van der Waals surface area contributed by atoms with Crippen molar-refractivity contribution in [1.29, 1.82) is 0 Å². The molecule has 1 aromatic rings. The van der Waals surface area contributed by atoms with Gasteiger partial charge >= 0.3 is 0 Å². The molecule has 1 atom stereocenters. The van der Waals surface area contributed by atoms with Gasteiger partial charge in [-0.25, -0.2) is 0 Å². The molecule has 5 heteroatoms. The Bertz CT molecular complexity index is 504. The van der Waals surface area contributed by atoms with Crippen LogP contribution in [0, 0.1) is 5.92 Å². The predicted octanol–water partition coefficient (Wildman–Crippen LogP) is 3.95. The zero-order chi connectivity index (χ0) is 15.2.